The van der Waals surface area contributed by atoms with E-state index in [0.29, 0.717) is 6.04 Å². The van der Waals surface area contributed by atoms with Gasteiger partial charge in [0.2, 0.25) is 0 Å². The van der Waals surface area contributed by atoms with Crippen LogP contribution in [0.15, 0.2) is 18.2 Å². The van der Waals surface area contributed by atoms with Gasteiger partial charge in [-0.15, -0.1) is 0 Å². The summed E-state index contributed by atoms with van der Waals surface area (Å²) in [4.78, 5) is 2.44. The minimum Gasteiger partial charge on any atom is -0.399 e. The van der Waals surface area contributed by atoms with Crippen LogP contribution >= 0.6 is 22.6 Å². The summed E-state index contributed by atoms with van der Waals surface area (Å²) in [5.74, 6) is 0. The summed E-state index contributed by atoms with van der Waals surface area (Å²) < 4.78 is 6.39. The Morgan fingerprint density at radius 3 is 2.81 bits per heavy atom. The zero-order valence-electron chi connectivity index (χ0n) is 9.45. The monoisotopic (exact) mass is 332 g/mol. The summed E-state index contributed by atoms with van der Waals surface area (Å²) in [6.07, 6.45) is 2.59. The Labute approximate surface area is 110 Å². The van der Waals surface area contributed by atoms with Crippen molar-refractivity contribution in [1.29, 1.82) is 0 Å². The lowest BCUT2D eigenvalue weighted by Gasteiger charge is -2.25. The number of methoxy groups -OCH3 is 1. The van der Waals surface area contributed by atoms with Crippen molar-refractivity contribution in [1.82, 2.24) is 0 Å². The molecule has 1 aromatic carbocycles. The van der Waals surface area contributed by atoms with Gasteiger partial charge in [0.1, 0.15) is 0 Å². The number of hydrogen-bond donors (Lipinski definition) is 1. The molecule has 4 heteroatoms. The first-order valence-corrected chi connectivity index (χ1v) is 6.61. The molecule has 0 radical (unpaired) electrons. The molecular weight excluding hydrogens is 315 g/mol. The van der Waals surface area contributed by atoms with Crippen LogP contribution in [-0.4, -0.2) is 26.3 Å². The molecule has 1 aliphatic carbocycles. The van der Waals surface area contributed by atoms with Crippen LogP contribution in [0, 0.1) is 3.57 Å². The molecule has 3 nitrogen and oxygen atoms in total. The maximum Gasteiger partial charge on any atom is 0.0637 e. The van der Waals surface area contributed by atoms with Crippen LogP contribution in [0.1, 0.15) is 12.8 Å². The first-order chi connectivity index (χ1) is 7.72. The summed E-state index contributed by atoms with van der Waals surface area (Å²) in [7, 11) is 1.75. The Balaban J connectivity index is 2.17. The van der Waals surface area contributed by atoms with Crippen molar-refractivity contribution in [3.63, 3.8) is 0 Å². The van der Waals surface area contributed by atoms with Gasteiger partial charge in [-0.25, -0.2) is 0 Å². The molecule has 1 aromatic rings. The van der Waals surface area contributed by atoms with Gasteiger partial charge in [-0.05, 0) is 53.6 Å². The van der Waals surface area contributed by atoms with Crippen molar-refractivity contribution in [3.05, 3.63) is 21.8 Å². The van der Waals surface area contributed by atoms with Gasteiger partial charge in [0, 0.05) is 29.0 Å². The fourth-order valence-corrected chi connectivity index (χ4v) is 2.68. The Hall–Kier alpha value is -0.490. The van der Waals surface area contributed by atoms with Crippen molar-refractivity contribution < 1.29 is 4.74 Å². The van der Waals surface area contributed by atoms with Gasteiger partial charge in [0.15, 0.2) is 0 Å². The molecule has 0 amide bonds. The van der Waals surface area contributed by atoms with Crippen LogP contribution in [0.5, 0.6) is 0 Å². The maximum atomic E-state index is 5.77. The van der Waals surface area contributed by atoms with Crippen LogP contribution in [0.4, 0.5) is 11.4 Å². The van der Waals surface area contributed by atoms with Crippen LogP contribution in [-0.2, 0) is 4.74 Å². The van der Waals surface area contributed by atoms with E-state index in [-0.39, 0.29) is 0 Å². The molecule has 0 bridgehead atoms. The second-order valence-corrected chi connectivity index (χ2v) is 5.29. The number of nitrogen functional groups attached to an aromatic ring is 1. The number of hydrogen-bond acceptors (Lipinski definition) is 3. The first-order valence-electron chi connectivity index (χ1n) is 5.53. The van der Waals surface area contributed by atoms with E-state index in [4.69, 9.17) is 10.5 Å². The molecule has 88 valence electrons. The predicted molar refractivity (Wildman–Crippen MR) is 75.8 cm³/mol. The molecule has 1 aliphatic rings. The Bertz CT molecular complexity index is 366. The molecule has 16 heavy (non-hydrogen) atoms. The summed E-state index contributed by atoms with van der Waals surface area (Å²) in [6.45, 7) is 1.73. The highest BCUT2D eigenvalue weighted by Gasteiger charge is 2.29. The van der Waals surface area contributed by atoms with Crippen molar-refractivity contribution in [2.24, 2.45) is 0 Å². The van der Waals surface area contributed by atoms with Crippen molar-refractivity contribution in [2.45, 2.75) is 18.9 Å². The second-order valence-electron chi connectivity index (χ2n) is 4.13. The topological polar surface area (TPSA) is 38.5 Å². The van der Waals surface area contributed by atoms with Crippen molar-refractivity contribution in [3.8, 4) is 0 Å². The highest BCUT2D eigenvalue weighted by atomic mass is 127. The van der Waals surface area contributed by atoms with E-state index >= 15 is 0 Å². The smallest absolute Gasteiger partial charge is 0.0637 e. The van der Waals surface area contributed by atoms with E-state index in [0.717, 1.165) is 18.8 Å². The second kappa shape index (κ2) is 5.23. The van der Waals surface area contributed by atoms with Crippen molar-refractivity contribution >= 4 is 34.0 Å². The maximum absolute atomic E-state index is 5.77. The number of ether oxygens (including phenoxy) is 1. The van der Waals surface area contributed by atoms with Gasteiger partial charge in [-0.3, -0.25) is 0 Å². The minimum atomic E-state index is 0.701. The number of nitrogens with two attached hydrogens (primary N) is 1. The van der Waals surface area contributed by atoms with Gasteiger partial charge < -0.3 is 15.4 Å². The first kappa shape index (κ1) is 12.0. The number of halogens is 1. The van der Waals surface area contributed by atoms with Crippen LogP contribution in [0.2, 0.25) is 0 Å². The lowest BCUT2D eigenvalue weighted by atomic mass is 10.2. The lowest BCUT2D eigenvalue weighted by molar-refractivity contribution is 0.205. The van der Waals surface area contributed by atoms with Crippen LogP contribution < -0.4 is 10.6 Å². The summed E-state index contributed by atoms with van der Waals surface area (Å²) in [5.41, 5.74) is 7.89. The van der Waals surface area contributed by atoms with Gasteiger partial charge in [-0.1, -0.05) is 0 Å². The fourth-order valence-electron chi connectivity index (χ4n) is 1.83. The SMILES string of the molecule is COCCN(c1ccc(N)cc1I)C1CC1. The molecule has 0 aromatic heterocycles. The van der Waals surface area contributed by atoms with Crippen molar-refractivity contribution in [2.75, 3.05) is 30.9 Å². The molecule has 1 saturated carbocycles. The third-order valence-corrected chi connectivity index (χ3v) is 3.67. The average Bonchev–Trinajstić information content (AvgIpc) is 3.05. The normalized spacial score (nSPS) is 15.1. The molecule has 0 heterocycles. The molecule has 2 rings (SSSR count). The number of nitrogens with zero attached hydrogens (tertiary/aromatic N) is 1. The van der Waals surface area contributed by atoms with Gasteiger partial charge in [0.25, 0.3) is 0 Å². The highest BCUT2D eigenvalue weighted by molar-refractivity contribution is 14.1. The van der Waals surface area contributed by atoms with E-state index in [1.54, 1.807) is 7.11 Å². The quantitative estimate of drug-likeness (QED) is 0.665. The van der Waals surface area contributed by atoms with E-state index < -0.39 is 0 Å². The van der Waals surface area contributed by atoms with E-state index in [9.17, 15) is 0 Å². The Morgan fingerprint density at radius 2 is 2.25 bits per heavy atom. The molecule has 0 spiro atoms. The van der Waals surface area contributed by atoms with E-state index in [2.05, 4.69) is 33.6 Å². The molecule has 2 N–H and O–H groups in total. The third kappa shape index (κ3) is 2.79. The highest BCUT2D eigenvalue weighted by Crippen LogP contribution is 2.34. The molecular formula is C12H17IN2O. The molecule has 1 fully saturated rings. The molecule has 0 atom stereocenters. The predicted octanol–water partition coefficient (Wildman–Crippen LogP) is 2.49. The summed E-state index contributed by atoms with van der Waals surface area (Å²) in [6, 6.07) is 6.82. The Morgan fingerprint density at radius 1 is 1.50 bits per heavy atom. The number of anilines is 2. The number of benzene rings is 1. The molecule has 0 unspecified atom stereocenters. The lowest BCUT2D eigenvalue weighted by Crippen LogP contribution is -2.30. The van der Waals surface area contributed by atoms with Gasteiger partial charge in [-0.2, -0.15) is 0 Å². The fraction of sp³-hybridized carbons (Fsp3) is 0.500. The summed E-state index contributed by atoms with van der Waals surface area (Å²) in [5, 5.41) is 0. The van der Waals surface area contributed by atoms with Crippen LogP contribution in [0.3, 0.4) is 0 Å². The minimum absolute atomic E-state index is 0.701. The van der Waals surface area contributed by atoms with Crippen LogP contribution in [0.25, 0.3) is 0 Å². The zero-order valence-corrected chi connectivity index (χ0v) is 11.6. The standard InChI is InChI=1S/C12H17IN2O/c1-16-7-6-15(10-3-4-10)12-5-2-9(14)8-11(12)13/h2,5,8,10H,3-4,6-7,14H2,1H3. The van der Waals surface area contributed by atoms with E-state index in [1.807, 2.05) is 12.1 Å². The number of rotatable bonds is 5. The Kier molecular flexibility index (Phi) is 3.91. The molecule has 0 saturated heterocycles. The summed E-state index contributed by atoms with van der Waals surface area (Å²) >= 11 is 2.35. The van der Waals surface area contributed by atoms with Gasteiger partial charge in [0.05, 0.1) is 12.3 Å². The zero-order chi connectivity index (χ0) is 11.5. The van der Waals surface area contributed by atoms with E-state index in [1.165, 1.54) is 22.1 Å². The third-order valence-electron chi connectivity index (χ3n) is 2.81. The average molecular weight is 332 g/mol. The largest absolute Gasteiger partial charge is 0.399 e. The van der Waals surface area contributed by atoms with Gasteiger partial charge >= 0.3 is 0 Å². The molecule has 0 aliphatic heterocycles.